The van der Waals surface area contributed by atoms with Crippen molar-refractivity contribution in [3.05, 3.63) is 12.5 Å². The number of rotatable bonds is 4. The van der Waals surface area contributed by atoms with Gasteiger partial charge in [-0.15, -0.1) is 0 Å². The average molecular weight is 328 g/mol. The molecule has 1 aromatic heterocycles. The van der Waals surface area contributed by atoms with Crippen LogP contribution in [0.3, 0.4) is 0 Å². The van der Waals surface area contributed by atoms with Gasteiger partial charge in [0.2, 0.25) is 5.91 Å². The van der Waals surface area contributed by atoms with E-state index in [-0.39, 0.29) is 10.9 Å². The van der Waals surface area contributed by atoms with Crippen molar-refractivity contribution in [1.82, 2.24) is 18.8 Å². The molecule has 0 unspecified atom stereocenters. The Bertz CT molecular complexity index is 624. The van der Waals surface area contributed by atoms with Crippen molar-refractivity contribution in [2.24, 2.45) is 13.0 Å². The molecule has 2 heterocycles. The van der Waals surface area contributed by atoms with E-state index in [1.165, 1.54) is 16.8 Å². The third kappa shape index (κ3) is 3.86. The molecular weight excluding hydrogens is 304 g/mol. The Morgan fingerprint density at radius 1 is 1.27 bits per heavy atom. The number of hydrogen-bond acceptors (Lipinski definition) is 4. The van der Waals surface area contributed by atoms with Crippen molar-refractivity contribution >= 4 is 15.9 Å². The highest BCUT2D eigenvalue weighted by Crippen LogP contribution is 2.16. The molecule has 0 bridgehead atoms. The maximum absolute atomic E-state index is 12.6. The summed E-state index contributed by atoms with van der Waals surface area (Å²) in [7, 11) is -1.84. The monoisotopic (exact) mass is 328 g/mol. The highest BCUT2D eigenvalue weighted by Gasteiger charge is 2.29. The van der Waals surface area contributed by atoms with E-state index in [1.54, 1.807) is 16.5 Å². The fraction of sp³-hybridized carbons (Fsp3) is 0.714. The number of nitrogens with zero attached hydrogens (tertiary/aromatic N) is 4. The molecular formula is C14H24N4O3S. The van der Waals surface area contributed by atoms with Crippen LogP contribution in [0, 0.1) is 5.92 Å². The third-order valence-corrected chi connectivity index (χ3v) is 5.46. The molecule has 1 saturated heterocycles. The topological polar surface area (TPSA) is 75.5 Å². The first kappa shape index (κ1) is 17.0. The minimum absolute atomic E-state index is 0.0666. The molecule has 0 N–H and O–H groups in total. The van der Waals surface area contributed by atoms with Crippen LogP contribution in [-0.4, -0.2) is 59.3 Å². The summed E-state index contributed by atoms with van der Waals surface area (Å²) >= 11 is 0. The number of imidazole rings is 1. The lowest BCUT2D eigenvalue weighted by atomic mass is 10.1. The number of amides is 1. The van der Waals surface area contributed by atoms with Crippen molar-refractivity contribution in [2.75, 3.05) is 26.2 Å². The highest BCUT2D eigenvalue weighted by molar-refractivity contribution is 7.89. The highest BCUT2D eigenvalue weighted by atomic mass is 32.2. The molecule has 22 heavy (non-hydrogen) atoms. The Labute approximate surface area is 132 Å². The summed E-state index contributed by atoms with van der Waals surface area (Å²) < 4.78 is 28.2. The summed E-state index contributed by atoms with van der Waals surface area (Å²) in [4.78, 5) is 17.8. The van der Waals surface area contributed by atoms with Crippen LogP contribution in [0.15, 0.2) is 17.6 Å². The predicted octanol–water partition coefficient (Wildman–Crippen LogP) is 0.689. The van der Waals surface area contributed by atoms with Crippen molar-refractivity contribution in [1.29, 1.82) is 0 Å². The van der Waals surface area contributed by atoms with E-state index in [2.05, 4.69) is 4.98 Å². The Hall–Kier alpha value is -1.41. The quantitative estimate of drug-likeness (QED) is 0.815. The van der Waals surface area contributed by atoms with Crippen molar-refractivity contribution in [3.63, 3.8) is 0 Å². The molecule has 0 aromatic carbocycles. The summed E-state index contributed by atoms with van der Waals surface area (Å²) in [5, 5.41) is 0.0666. The van der Waals surface area contributed by atoms with Gasteiger partial charge in [-0.1, -0.05) is 13.8 Å². The van der Waals surface area contributed by atoms with Crippen molar-refractivity contribution in [2.45, 2.75) is 31.7 Å². The molecule has 124 valence electrons. The second-order valence-electron chi connectivity index (χ2n) is 6.11. The minimum atomic E-state index is -3.57. The van der Waals surface area contributed by atoms with E-state index in [4.69, 9.17) is 0 Å². The van der Waals surface area contributed by atoms with Gasteiger partial charge in [0, 0.05) is 45.8 Å². The van der Waals surface area contributed by atoms with Crippen molar-refractivity contribution < 1.29 is 13.2 Å². The smallest absolute Gasteiger partial charge is 0.262 e. The first-order chi connectivity index (χ1) is 10.3. The summed E-state index contributed by atoms with van der Waals surface area (Å²) in [5.41, 5.74) is 0. The van der Waals surface area contributed by atoms with Gasteiger partial charge in [0.15, 0.2) is 5.03 Å². The molecule has 1 aliphatic rings. The van der Waals surface area contributed by atoms with E-state index < -0.39 is 10.0 Å². The average Bonchev–Trinajstić information content (AvgIpc) is 2.73. The first-order valence-corrected chi connectivity index (χ1v) is 9.00. The van der Waals surface area contributed by atoms with Gasteiger partial charge in [0.1, 0.15) is 0 Å². The Morgan fingerprint density at radius 3 is 2.59 bits per heavy atom. The number of hydrogen-bond donors (Lipinski definition) is 0. The van der Waals surface area contributed by atoms with Gasteiger partial charge in [-0.25, -0.2) is 13.4 Å². The maximum atomic E-state index is 12.6. The van der Waals surface area contributed by atoms with E-state index in [9.17, 15) is 13.2 Å². The summed E-state index contributed by atoms with van der Waals surface area (Å²) in [6.45, 7) is 5.81. The number of aryl methyl sites for hydroxylation is 1. The minimum Gasteiger partial charge on any atom is -0.341 e. The molecule has 2 rings (SSSR count). The zero-order chi connectivity index (χ0) is 16.3. The van der Waals surface area contributed by atoms with Gasteiger partial charge in [-0.2, -0.15) is 4.31 Å². The van der Waals surface area contributed by atoms with Gasteiger partial charge in [0.05, 0.1) is 6.33 Å². The fourth-order valence-corrected chi connectivity index (χ4v) is 3.95. The predicted molar refractivity (Wildman–Crippen MR) is 82.6 cm³/mol. The standard InChI is InChI=1S/C14H24N4O3S/c1-12(2)9-14(19)17-5-4-6-18(8-7-17)22(20,21)13-10-16(3)11-15-13/h10-12H,4-9H2,1-3H3. The van der Waals surface area contributed by atoms with Gasteiger partial charge < -0.3 is 9.47 Å². The zero-order valence-corrected chi connectivity index (χ0v) is 14.2. The second kappa shape index (κ2) is 6.78. The Morgan fingerprint density at radius 2 is 2.00 bits per heavy atom. The van der Waals surface area contributed by atoms with Gasteiger partial charge in [0.25, 0.3) is 10.0 Å². The summed E-state index contributed by atoms with van der Waals surface area (Å²) in [6, 6.07) is 0. The molecule has 1 aliphatic heterocycles. The van der Waals surface area contributed by atoms with Gasteiger partial charge in [-0.05, 0) is 12.3 Å². The van der Waals surface area contributed by atoms with E-state index in [0.29, 0.717) is 44.9 Å². The molecule has 1 fully saturated rings. The third-order valence-electron chi connectivity index (χ3n) is 3.68. The van der Waals surface area contributed by atoms with Gasteiger partial charge in [-0.3, -0.25) is 4.79 Å². The number of carbonyl (C=O) groups is 1. The number of carbonyl (C=O) groups excluding carboxylic acids is 1. The van der Waals surface area contributed by atoms with Crippen LogP contribution in [0.1, 0.15) is 26.7 Å². The fourth-order valence-electron chi connectivity index (χ4n) is 2.52. The Balaban J connectivity index is 2.05. The molecule has 0 saturated carbocycles. The van der Waals surface area contributed by atoms with E-state index in [0.717, 1.165) is 0 Å². The molecule has 0 spiro atoms. The first-order valence-electron chi connectivity index (χ1n) is 7.56. The molecule has 1 amide bonds. The van der Waals surface area contributed by atoms with Crippen LogP contribution >= 0.6 is 0 Å². The van der Waals surface area contributed by atoms with Crippen LogP contribution in [0.5, 0.6) is 0 Å². The maximum Gasteiger partial charge on any atom is 0.262 e. The molecule has 0 aliphatic carbocycles. The van der Waals surface area contributed by atoms with E-state index in [1.807, 2.05) is 13.8 Å². The van der Waals surface area contributed by atoms with Crippen LogP contribution in [0.2, 0.25) is 0 Å². The largest absolute Gasteiger partial charge is 0.341 e. The normalized spacial score (nSPS) is 17.7. The number of aromatic nitrogens is 2. The van der Waals surface area contributed by atoms with Crippen LogP contribution < -0.4 is 0 Å². The summed E-state index contributed by atoms with van der Waals surface area (Å²) in [5.74, 6) is 0.413. The number of sulfonamides is 1. The van der Waals surface area contributed by atoms with E-state index >= 15 is 0 Å². The van der Waals surface area contributed by atoms with Gasteiger partial charge >= 0.3 is 0 Å². The molecule has 0 atom stereocenters. The van der Waals surface area contributed by atoms with Crippen molar-refractivity contribution in [3.8, 4) is 0 Å². The zero-order valence-electron chi connectivity index (χ0n) is 13.4. The Kier molecular flexibility index (Phi) is 5.23. The SMILES string of the molecule is CC(C)CC(=O)N1CCCN(S(=O)(=O)c2cn(C)cn2)CC1. The van der Waals surface area contributed by atoms with Crippen LogP contribution in [-0.2, 0) is 21.9 Å². The lowest BCUT2D eigenvalue weighted by Crippen LogP contribution is -2.37. The lowest BCUT2D eigenvalue weighted by molar-refractivity contribution is -0.131. The summed E-state index contributed by atoms with van der Waals surface area (Å²) in [6.07, 6.45) is 4.13. The van der Waals surface area contributed by atoms with Crippen LogP contribution in [0.4, 0.5) is 0 Å². The van der Waals surface area contributed by atoms with Crippen LogP contribution in [0.25, 0.3) is 0 Å². The molecule has 0 radical (unpaired) electrons. The molecule has 1 aromatic rings. The second-order valence-corrected chi connectivity index (χ2v) is 8.00. The lowest BCUT2D eigenvalue weighted by Gasteiger charge is -2.22. The molecule has 7 nitrogen and oxygen atoms in total. The molecule has 8 heteroatoms.